The molecule has 7 nitrogen and oxygen atoms in total. The summed E-state index contributed by atoms with van der Waals surface area (Å²) >= 11 is 0. The number of benzene rings is 1. The number of nitriles is 1. The van der Waals surface area contributed by atoms with Gasteiger partial charge in [0.15, 0.2) is 0 Å². The Bertz CT molecular complexity index is 680. The summed E-state index contributed by atoms with van der Waals surface area (Å²) in [6.07, 6.45) is 5.10. The first-order valence-corrected chi connectivity index (χ1v) is 8.09. The largest absolute Gasteiger partial charge is 0.492 e. The van der Waals surface area contributed by atoms with Crippen molar-refractivity contribution in [2.24, 2.45) is 0 Å². The van der Waals surface area contributed by atoms with Crippen molar-refractivity contribution in [1.82, 2.24) is 19.9 Å². The summed E-state index contributed by atoms with van der Waals surface area (Å²) in [6.45, 7) is 3.31. The number of nitrogens with zero attached hydrogens (tertiary/aromatic N) is 5. The van der Waals surface area contributed by atoms with Crippen LogP contribution in [0.3, 0.4) is 0 Å². The molecule has 1 atom stereocenters. The van der Waals surface area contributed by atoms with Gasteiger partial charge in [0, 0.05) is 19.3 Å². The molecular weight excluding hydrogens is 306 g/mol. The Morgan fingerprint density at radius 3 is 2.88 bits per heavy atom. The molecule has 1 fully saturated rings. The summed E-state index contributed by atoms with van der Waals surface area (Å²) in [5.74, 6) is 0.754. The van der Waals surface area contributed by atoms with E-state index in [1.165, 1.54) is 0 Å². The van der Waals surface area contributed by atoms with Crippen LogP contribution in [-0.2, 0) is 6.54 Å². The third-order valence-corrected chi connectivity index (χ3v) is 4.22. The number of likely N-dealkylation sites (tertiary alicyclic amines) is 1. The van der Waals surface area contributed by atoms with Gasteiger partial charge in [-0.25, -0.2) is 4.68 Å². The van der Waals surface area contributed by atoms with E-state index in [0.29, 0.717) is 25.3 Å². The highest BCUT2D eigenvalue weighted by atomic mass is 16.5. The van der Waals surface area contributed by atoms with E-state index in [4.69, 9.17) is 10.00 Å². The number of piperidine rings is 1. The van der Waals surface area contributed by atoms with Gasteiger partial charge < -0.3 is 9.84 Å². The third kappa shape index (κ3) is 4.31. The Balaban J connectivity index is 1.47. The predicted molar refractivity (Wildman–Crippen MR) is 87.3 cm³/mol. The lowest BCUT2D eigenvalue weighted by molar-refractivity contribution is -0.0476. The summed E-state index contributed by atoms with van der Waals surface area (Å²) in [7, 11) is 0. The molecule has 1 aliphatic rings. The second-order valence-corrected chi connectivity index (χ2v) is 6.19. The molecule has 126 valence electrons. The van der Waals surface area contributed by atoms with Crippen LogP contribution in [0.5, 0.6) is 5.75 Å². The van der Waals surface area contributed by atoms with Gasteiger partial charge in [-0.15, -0.1) is 5.10 Å². The molecule has 1 saturated heterocycles. The van der Waals surface area contributed by atoms with E-state index < -0.39 is 5.60 Å². The number of ether oxygens (including phenoxy) is 1. The Kier molecular flexibility index (Phi) is 5.08. The Morgan fingerprint density at radius 2 is 2.17 bits per heavy atom. The van der Waals surface area contributed by atoms with Gasteiger partial charge in [0.25, 0.3) is 0 Å². The van der Waals surface area contributed by atoms with Crippen molar-refractivity contribution in [2.75, 3.05) is 26.2 Å². The average molecular weight is 327 g/mol. The molecule has 0 aliphatic carbocycles. The minimum Gasteiger partial charge on any atom is -0.492 e. The van der Waals surface area contributed by atoms with Gasteiger partial charge in [-0.05, 0) is 43.7 Å². The second kappa shape index (κ2) is 7.43. The summed E-state index contributed by atoms with van der Waals surface area (Å²) < 4.78 is 7.40. The molecule has 1 aliphatic heterocycles. The monoisotopic (exact) mass is 327 g/mol. The van der Waals surface area contributed by atoms with E-state index in [-0.39, 0.29) is 0 Å². The van der Waals surface area contributed by atoms with Crippen molar-refractivity contribution >= 4 is 0 Å². The van der Waals surface area contributed by atoms with Crippen LogP contribution in [0.2, 0.25) is 0 Å². The van der Waals surface area contributed by atoms with Gasteiger partial charge in [0.1, 0.15) is 12.4 Å². The minimum atomic E-state index is -0.777. The van der Waals surface area contributed by atoms with E-state index in [9.17, 15) is 5.11 Å². The highest BCUT2D eigenvalue weighted by Crippen LogP contribution is 2.22. The third-order valence-electron chi connectivity index (χ3n) is 4.22. The zero-order valence-electron chi connectivity index (χ0n) is 13.5. The Hall–Kier alpha value is -2.43. The van der Waals surface area contributed by atoms with Gasteiger partial charge in [0.05, 0.1) is 30.0 Å². The smallest absolute Gasteiger partial charge is 0.119 e. The fourth-order valence-corrected chi connectivity index (χ4v) is 3.06. The van der Waals surface area contributed by atoms with E-state index in [1.807, 2.05) is 0 Å². The van der Waals surface area contributed by atoms with Crippen molar-refractivity contribution < 1.29 is 9.84 Å². The zero-order valence-corrected chi connectivity index (χ0v) is 13.5. The summed E-state index contributed by atoms with van der Waals surface area (Å²) in [5, 5.41) is 27.3. The minimum absolute atomic E-state index is 0.458. The lowest BCUT2D eigenvalue weighted by atomic mass is 9.93. The van der Waals surface area contributed by atoms with Crippen LogP contribution in [0.15, 0.2) is 36.7 Å². The van der Waals surface area contributed by atoms with Crippen molar-refractivity contribution in [3.05, 3.63) is 42.2 Å². The Labute approximate surface area is 141 Å². The Morgan fingerprint density at radius 1 is 1.33 bits per heavy atom. The maximum atomic E-state index is 10.8. The van der Waals surface area contributed by atoms with Crippen LogP contribution in [0.1, 0.15) is 18.4 Å². The topological polar surface area (TPSA) is 87.2 Å². The van der Waals surface area contributed by atoms with Crippen molar-refractivity contribution in [1.29, 1.82) is 5.26 Å². The molecule has 1 N–H and O–H groups in total. The van der Waals surface area contributed by atoms with E-state index in [2.05, 4.69) is 21.3 Å². The van der Waals surface area contributed by atoms with Gasteiger partial charge in [-0.3, -0.25) is 4.90 Å². The molecule has 0 spiro atoms. The maximum Gasteiger partial charge on any atom is 0.119 e. The van der Waals surface area contributed by atoms with Crippen LogP contribution in [0.4, 0.5) is 0 Å². The normalized spacial score (nSPS) is 21.3. The van der Waals surface area contributed by atoms with Crippen LogP contribution in [0, 0.1) is 11.3 Å². The lowest BCUT2D eigenvalue weighted by Crippen LogP contribution is -2.51. The number of β-amino-alcohol motifs (C(OH)–C–C–N with tert-alkyl or cyclic N) is 1. The fourth-order valence-electron chi connectivity index (χ4n) is 3.06. The highest BCUT2D eigenvalue weighted by molar-refractivity contribution is 5.34. The molecule has 7 heteroatoms. The van der Waals surface area contributed by atoms with Crippen molar-refractivity contribution in [3.8, 4) is 11.8 Å². The van der Waals surface area contributed by atoms with Gasteiger partial charge in [0.2, 0.25) is 0 Å². The molecule has 3 rings (SSSR count). The van der Waals surface area contributed by atoms with Crippen LogP contribution >= 0.6 is 0 Å². The zero-order chi connectivity index (χ0) is 16.8. The number of aromatic nitrogens is 3. The molecule has 2 aromatic rings. The number of hydrogen-bond donors (Lipinski definition) is 1. The standard InChI is InChI=1S/C17H21N5O2/c18-12-15-2-4-16(5-3-15)24-11-10-21-8-1-6-17(23,13-21)14-22-9-7-19-20-22/h2-5,7,9,23H,1,6,8,10-11,13-14H2. The molecule has 0 radical (unpaired) electrons. The number of rotatable bonds is 6. The summed E-state index contributed by atoms with van der Waals surface area (Å²) in [5.41, 5.74) is -0.156. The maximum absolute atomic E-state index is 10.8. The van der Waals surface area contributed by atoms with Gasteiger partial charge in [-0.1, -0.05) is 5.21 Å². The van der Waals surface area contributed by atoms with Gasteiger partial charge >= 0.3 is 0 Å². The molecule has 0 bridgehead atoms. The molecule has 2 heterocycles. The molecule has 1 unspecified atom stereocenters. The summed E-state index contributed by atoms with van der Waals surface area (Å²) in [4.78, 5) is 2.21. The van der Waals surface area contributed by atoms with Crippen molar-refractivity contribution in [2.45, 2.75) is 25.0 Å². The molecule has 1 aromatic heterocycles. The molecule has 0 saturated carbocycles. The SMILES string of the molecule is N#Cc1ccc(OCCN2CCCC(O)(Cn3ccnn3)C2)cc1. The van der Waals surface area contributed by atoms with Crippen molar-refractivity contribution in [3.63, 3.8) is 0 Å². The van der Waals surface area contributed by atoms with Gasteiger partial charge in [-0.2, -0.15) is 5.26 Å². The molecular formula is C17H21N5O2. The van der Waals surface area contributed by atoms with Crippen LogP contribution in [0.25, 0.3) is 0 Å². The van der Waals surface area contributed by atoms with E-state index in [1.54, 1.807) is 41.3 Å². The molecule has 0 amide bonds. The first-order valence-electron chi connectivity index (χ1n) is 8.09. The average Bonchev–Trinajstić information content (AvgIpc) is 3.08. The molecule has 24 heavy (non-hydrogen) atoms. The fraction of sp³-hybridized carbons (Fsp3) is 0.471. The first kappa shape index (κ1) is 16.4. The number of aliphatic hydroxyl groups is 1. The number of hydrogen-bond acceptors (Lipinski definition) is 6. The lowest BCUT2D eigenvalue weighted by Gasteiger charge is -2.38. The van der Waals surface area contributed by atoms with Crippen LogP contribution in [-0.4, -0.2) is 56.8 Å². The van der Waals surface area contributed by atoms with E-state index in [0.717, 1.165) is 31.7 Å². The second-order valence-electron chi connectivity index (χ2n) is 6.19. The highest BCUT2D eigenvalue weighted by Gasteiger charge is 2.33. The summed E-state index contributed by atoms with van der Waals surface area (Å²) in [6, 6.07) is 9.17. The van der Waals surface area contributed by atoms with Crippen LogP contribution < -0.4 is 4.74 Å². The first-order chi connectivity index (χ1) is 11.7. The quantitative estimate of drug-likeness (QED) is 0.853. The molecule has 1 aromatic carbocycles. The predicted octanol–water partition coefficient (Wildman–Crippen LogP) is 1.06. The van der Waals surface area contributed by atoms with E-state index >= 15 is 0 Å².